The number of carbonyl (C=O) groups is 4. The normalized spacial score (nSPS) is 27.0. The molecule has 0 aromatic carbocycles. The van der Waals surface area contributed by atoms with Crippen molar-refractivity contribution in [3.63, 3.8) is 0 Å². The first kappa shape index (κ1) is 20.5. The summed E-state index contributed by atoms with van der Waals surface area (Å²) in [6.07, 6.45) is 4.23. The number of hydrogen-bond donors (Lipinski definition) is 3. The summed E-state index contributed by atoms with van der Waals surface area (Å²) < 4.78 is 5.10. The van der Waals surface area contributed by atoms with Gasteiger partial charge in [0.05, 0.1) is 18.5 Å². The molecule has 0 aromatic rings. The lowest BCUT2D eigenvalue weighted by molar-refractivity contribution is -0.148. The highest BCUT2D eigenvalue weighted by Crippen LogP contribution is 2.24. The molecule has 2 fully saturated rings. The Morgan fingerprint density at radius 1 is 1.25 bits per heavy atom. The summed E-state index contributed by atoms with van der Waals surface area (Å²) in [5, 5.41) is 21.9. The van der Waals surface area contributed by atoms with Gasteiger partial charge in [0, 0.05) is 25.1 Å². The molecule has 152 valence electrons. The number of likely N-dealkylation sites (tertiary alicyclic amines) is 1. The lowest BCUT2D eigenvalue weighted by Crippen LogP contribution is -2.51. The van der Waals surface area contributed by atoms with Crippen molar-refractivity contribution < 1.29 is 34.0 Å². The van der Waals surface area contributed by atoms with E-state index in [1.807, 2.05) is 0 Å². The average molecular weight is 393 g/mol. The maximum absolute atomic E-state index is 12.6. The zero-order valence-corrected chi connectivity index (χ0v) is 15.5. The molecule has 3 aliphatic rings. The highest BCUT2D eigenvalue weighted by atomic mass is 16.5. The third-order valence-electron chi connectivity index (χ3n) is 5.38. The fourth-order valence-electron chi connectivity index (χ4n) is 3.93. The fraction of sp³-hybridized carbons (Fsp3) is 0.647. The molecule has 3 N–H and O–H groups in total. The van der Waals surface area contributed by atoms with Gasteiger partial charge in [-0.1, -0.05) is 0 Å². The van der Waals surface area contributed by atoms with Crippen LogP contribution in [0.4, 0.5) is 0 Å². The van der Waals surface area contributed by atoms with E-state index in [1.54, 1.807) is 0 Å². The summed E-state index contributed by atoms with van der Waals surface area (Å²) in [7, 11) is -1.55. The Bertz CT molecular complexity index is 666. The van der Waals surface area contributed by atoms with Gasteiger partial charge in [-0.3, -0.25) is 24.1 Å². The quantitative estimate of drug-likeness (QED) is 0.253. The first-order valence-electron chi connectivity index (χ1n) is 9.46. The van der Waals surface area contributed by atoms with Crippen molar-refractivity contribution in [1.82, 2.24) is 15.1 Å². The Kier molecular flexibility index (Phi) is 6.48. The molecule has 3 heterocycles. The molecule has 3 amide bonds. The highest BCUT2D eigenvalue weighted by Gasteiger charge is 2.41. The molecule has 2 saturated heterocycles. The maximum Gasteiger partial charge on any atom is 0.475 e. The van der Waals surface area contributed by atoms with Gasteiger partial charge in [-0.05, 0) is 31.7 Å². The van der Waals surface area contributed by atoms with E-state index in [2.05, 4.69) is 5.32 Å². The van der Waals surface area contributed by atoms with E-state index in [0.29, 0.717) is 25.9 Å². The van der Waals surface area contributed by atoms with Crippen molar-refractivity contribution >= 4 is 30.8 Å². The highest BCUT2D eigenvalue weighted by molar-refractivity contribution is 6.43. The zero-order chi connectivity index (χ0) is 20.3. The van der Waals surface area contributed by atoms with Crippen molar-refractivity contribution in [3.8, 4) is 0 Å². The van der Waals surface area contributed by atoms with E-state index in [-0.39, 0.29) is 31.4 Å². The van der Waals surface area contributed by atoms with Crippen LogP contribution in [-0.2, 0) is 23.9 Å². The van der Waals surface area contributed by atoms with Crippen LogP contribution in [0, 0.1) is 5.92 Å². The minimum absolute atomic E-state index is 0.0142. The Hall–Kier alpha value is -2.24. The lowest BCUT2D eigenvalue weighted by Gasteiger charge is -2.26. The summed E-state index contributed by atoms with van der Waals surface area (Å²) in [5.74, 6) is -2.12. The summed E-state index contributed by atoms with van der Waals surface area (Å²) in [4.78, 5) is 50.0. The number of amides is 3. The van der Waals surface area contributed by atoms with Gasteiger partial charge >= 0.3 is 13.1 Å². The van der Waals surface area contributed by atoms with Crippen LogP contribution in [0.3, 0.4) is 0 Å². The molecule has 11 heteroatoms. The van der Waals surface area contributed by atoms with Crippen LogP contribution >= 0.6 is 0 Å². The van der Waals surface area contributed by atoms with E-state index in [9.17, 15) is 29.2 Å². The van der Waals surface area contributed by atoms with E-state index in [0.717, 1.165) is 11.3 Å². The molecule has 28 heavy (non-hydrogen) atoms. The van der Waals surface area contributed by atoms with Crippen LogP contribution in [0.2, 0.25) is 0 Å². The number of rotatable bonds is 7. The molecule has 10 nitrogen and oxygen atoms in total. The Labute approximate surface area is 162 Å². The Morgan fingerprint density at radius 3 is 2.64 bits per heavy atom. The first-order chi connectivity index (χ1) is 13.4. The van der Waals surface area contributed by atoms with Gasteiger partial charge in [0.25, 0.3) is 11.8 Å². The van der Waals surface area contributed by atoms with Crippen LogP contribution in [0.5, 0.6) is 0 Å². The average Bonchev–Trinajstić information content (AvgIpc) is 3.37. The van der Waals surface area contributed by atoms with Gasteiger partial charge in [-0.25, -0.2) is 0 Å². The third kappa shape index (κ3) is 4.60. The molecular weight excluding hydrogens is 369 g/mol. The molecule has 3 rings (SSSR count). The van der Waals surface area contributed by atoms with E-state index in [4.69, 9.17) is 4.74 Å². The van der Waals surface area contributed by atoms with Gasteiger partial charge < -0.3 is 25.0 Å². The molecule has 3 atom stereocenters. The minimum atomic E-state index is -1.55. The number of hydrogen-bond acceptors (Lipinski definition) is 8. The van der Waals surface area contributed by atoms with Crippen LogP contribution < -0.4 is 5.32 Å². The van der Waals surface area contributed by atoms with Crippen molar-refractivity contribution in [1.29, 1.82) is 0 Å². The monoisotopic (exact) mass is 393 g/mol. The van der Waals surface area contributed by atoms with Gasteiger partial charge in [-0.15, -0.1) is 0 Å². The van der Waals surface area contributed by atoms with E-state index in [1.165, 1.54) is 17.1 Å². The summed E-state index contributed by atoms with van der Waals surface area (Å²) in [6.45, 7) is 0.929. The number of nitrogens with one attached hydrogen (secondary N) is 1. The van der Waals surface area contributed by atoms with Gasteiger partial charge in [-0.2, -0.15) is 0 Å². The second kappa shape index (κ2) is 8.85. The summed E-state index contributed by atoms with van der Waals surface area (Å²) in [5.41, 5.74) is 0. The fourth-order valence-corrected chi connectivity index (χ4v) is 3.93. The van der Waals surface area contributed by atoms with Crippen LogP contribution in [0.1, 0.15) is 25.7 Å². The molecule has 3 aliphatic heterocycles. The second-order valence-corrected chi connectivity index (χ2v) is 7.30. The van der Waals surface area contributed by atoms with Crippen molar-refractivity contribution in [3.05, 3.63) is 12.2 Å². The second-order valence-electron chi connectivity index (χ2n) is 7.30. The third-order valence-corrected chi connectivity index (χ3v) is 5.38. The van der Waals surface area contributed by atoms with E-state index >= 15 is 0 Å². The topological polar surface area (TPSA) is 136 Å². The molecule has 0 unspecified atom stereocenters. The minimum Gasteiger partial charge on any atom is -0.464 e. The molecule has 0 bridgehead atoms. The molecular formula is C17H24BN3O7. The molecule has 0 aliphatic carbocycles. The number of nitrogens with zero attached hydrogens (tertiary/aromatic N) is 2. The van der Waals surface area contributed by atoms with E-state index < -0.39 is 36.9 Å². The van der Waals surface area contributed by atoms with Crippen LogP contribution in [0.25, 0.3) is 0 Å². The SMILES string of the molecule is O=C(C[C@H]1CN[C@H](C(=O)N2CCC[C@H]2B(O)O)C1)OCCN1C(=O)C=CC1=O. The summed E-state index contributed by atoms with van der Waals surface area (Å²) >= 11 is 0. The molecule has 0 spiro atoms. The van der Waals surface area contributed by atoms with Crippen LogP contribution in [-0.4, -0.2) is 88.9 Å². The standard InChI is InChI=1S/C17H24BN3O7/c22-14-3-4-15(23)21(14)6-7-28-16(24)9-11-8-12(19-10-11)17(25)20-5-1-2-13(20)18(26)27/h3-4,11-13,19,26-27H,1-2,5-10H2/t11-,12-,13-/m0/s1. The van der Waals surface area contributed by atoms with Crippen molar-refractivity contribution in [2.45, 2.75) is 37.7 Å². The predicted molar refractivity (Wildman–Crippen MR) is 96.3 cm³/mol. The predicted octanol–water partition coefficient (Wildman–Crippen LogP) is -2.17. The molecule has 0 radical (unpaired) electrons. The Balaban J connectivity index is 1.39. The van der Waals surface area contributed by atoms with Crippen molar-refractivity contribution in [2.75, 3.05) is 26.2 Å². The van der Waals surface area contributed by atoms with Crippen LogP contribution in [0.15, 0.2) is 12.2 Å². The largest absolute Gasteiger partial charge is 0.475 e. The maximum atomic E-state index is 12.6. The van der Waals surface area contributed by atoms with Gasteiger partial charge in [0.15, 0.2) is 0 Å². The van der Waals surface area contributed by atoms with Crippen molar-refractivity contribution in [2.24, 2.45) is 5.92 Å². The molecule has 0 aromatic heterocycles. The number of imide groups is 1. The number of esters is 1. The van der Waals surface area contributed by atoms with Gasteiger partial charge in [0.1, 0.15) is 6.61 Å². The van der Waals surface area contributed by atoms with Gasteiger partial charge in [0.2, 0.25) is 5.91 Å². The Morgan fingerprint density at radius 2 is 1.96 bits per heavy atom. The molecule has 0 saturated carbocycles. The first-order valence-corrected chi connectivity index (χ1v) is 9.46. The number of ether oxygens (including phenoxy) is 1. The summed E-state index contributed by atoms with van der Waals surface area (Å²) in [6, 6.07) is -0.455. The number of carbonyl (C=O) groups excluding carboxylic acids is 4. The smallest absolute Gasteiger partial charge is 0.464 e. The zero-order valence-electron chi connectivity index (χ0n) is 15.5. The lowest BCUT2D eigenvalue weighted by atomic mass is 9.77.